The Balaban J connectivity index is 3.57. The molecule has 0 radical (unpaired) electrons. The number of carbonyl (C=O) groups is 3. The lowest BCUT2D eigenvalue weighted by Gasteiger charge is -2.18. The molecule has 0 atom stereocenters. The fourth-order valence-electron chi connectivity index (χ4n) is 1.65. The molecule has 0 aliphatic carbocycles. The molecule has 0 aliphatic heterocycles. The second kappa shape index (κ2) is 8.61. The zero-order chi connectivity index (χ0) is 17.0. The van der Waals surface area contributed by atoms with Crippen LogP contribution in [0, 0.1) is 10.7 Å². The van der Waals surface area contributed by atoms with Crippen LogP contribution in [0.5, 0.6) is 0 Å². The number of ether oxygens (including phenoxy) is 1. The van der Waals surface area contributed by atoms with Crippen LogP contribution >= 0.6 is 67.8 Å². The van der Waals surface area contributed by atoms with Gasteiger partial charge in [0.05, 0.1) is 21.9 Å². The van der Waals surface area contributed by atoms with Gasteiger partial charge in [0.25, 0.3) is 0 Å². The van der Waals surface area contributed by atoms with Gasteiger partial charge < -0.3 is 15.4 Å². The van der Waals surface area contributed by atoms with Crippen molar-refractivity contribution in [3.05, 3.63) is 21.8 Å². The van der Waals surface area contributed by atoms with Crippen molar-refractivity contribution in [3.8, 4) is 0 Å². The fourth-order valence-corrected chi connectivity index (χ4v) is 5.91. The second-order valence-corrected chi connectivity index (χ2v) is 7.49. The molecular formula is C13H13I3N2O4. The minimum Gasteiger partial charge on any atom is -0.465 e. The molecule has 0 heterocycles. The molecular weight excluding hydrogens is 629 g/mol. The third-order valence-corrected chi connectivity index (χ3v) is 6.07. The molecule has 1 aromatic carbocycles. The van der Waals surface area contributed by atoms with Gasteiger partial charge in [-0.05, 0) is 67.8 Å². The molecule has 0 aliphatic rings. The van der Waals surface area contributed by atoms with E-state index in [1.54, 1.807) is 0 Å². The van der Waals surface area contributed by atoms with E-state index in [9.17, 15) is 14.4 Å². The van der Waals surface area contributed by atoms with Gasteiger partial charge in [0.2, 0.25) is 11.8 Å². The summed E-state index contributed by atoms with van der Waals surface area (Å²) in [6, 6.07) is 0. The Morgan fingerprint density at radius 2 is 1.59 bits per heavy atom. The Morgan fingerprint density at radius 3 is 2.05 bits per heavy atom. The highest BCUT2D eigenvalue weighted by atomic mass is 127. The zero-order valence-corrected chi connectivity index (χ0v) is 18.4. The number of rotatable bonds is 4. The zero-order valence-electron chi connectivity index (χ0n) is 12.0. The average Bonchev–Trinajstić information content (AvgIpc) is 2.42. The molecule has 0 unspecified atom stereocenters. The summed E-state index contributed by atoms with van der Waals surface area (Å²) in [5.74, 6) is -0.898. The molecule has 0 saturated heterocycles. The molecule has 1 rings (SSSR count). The number of benzene rings is 1. The van der Waals surface area contributed by atoms with E-state index < -0.39 is 5.97 Å². The van der Waals surface area contributed by atoms with Crippen LogP contribution in [0.25, 0.3) is 0 Å². The van der Waals surface area contributed by atoms with E-state index in [4.69, 9.17) is 4.74 Å². The maximum atomic E-state index is 12.1. The van der Waals surface area contributed by atoms with Gasteiger partial charge in [-0.25, -0.2) is 4.79 Å². The molecule has 2 amide bonds. The summed E-state index contributed by atoms with van der Waals surface area (Å²) < 4.78 is 6.91. The SMILES string of the molecule is COC(=O)c1c(I)c(CNC(C)=O)c(I)c(NC(C)=O)c1I. The molecule has 9 heteroatoms. The Hall–Kier alpha value is -0.180. The number of carbonyl (C=O) groups excluding carboxylic acids is 3. The maximum absolute atomic E-state index is 12.1. The van der Waals surface area contributed by atoms with Crippen molar-refractivity contribution in [2.45, 2.75) is 20.4 Å². The lowest BCUT2D eigenvalue weighted by molar-refractivity contribution is -0.119. The highest BCUT2D eigenvalue weighted by Crippen LogP contribution is 2.36. The van der Waals surface area contributed by atoms with Gasteiger partial charge in [0, 0.05) is 33.1 Å². The highest BCUT2D eigenvalue weighted by molar-refractivity contribution is 14.1. The third kappa shape index (κ3) is 4.66. The van der Waals surface area contributed by atoms with E-state index in [1.807, 2.05) is 22.6 Å². The number of amides is 2. The topological polar surface area (TPSA) is 84.5 Å². The molecule has 0 bridgehead atoms. The van der Waals surface area contributed by atoms with Gasteiger partial charge in [0.15, 0.2) is 0 Å². The lowest BCUT2D eigenvalue weighted by atomic mass is 10.1. The molecule has 22 heavy (non-hydrogen) atoms. The van der Waals surface area contributed by atoms with Crippen LogP contribution in [0.1, 0.15) is 29.8 Å². The van der Waals surface area contributed by atoms with Crippen LogP contribution in [-0.4, -0.2) is 24.9 Å². The molecule has 0 spiro atoms. The average molecular weight is 642 g/mol. The van der Waals surface area contributed by atoms with Crippen molar-refractivity contribution >= 4 is 91.2 Å². The summed E-state index contributed by atoms with van der Waals surface area (Å²) in [6.45, 7) is 3.08. The van der Waals surface area contributed by atoms with Crippen molar-refractivity contribution < 1.29 is 19.1 Å². The predicted molar refractivity (Wildman–Crippen MR) is 108 cm³/mol. The smallest absolute Gasteiger partial charge is 0.340 e. The maximum Gasteiger partial charge on any atom is 0.340 e. The fraction of sp³-hybridized carbons (Fsp3) is 0.308. The van der Waals surface area contributed by atoms with E-state index in [-0.39, 0.29) is 18.4 Å². The summed E-state index contributed by atoms with van der Waals surface area (Å²) in [4.78, 5) is 34.7. The summed E-state index contributed by atoms with van der Waals surface area (Å²) in [5, 5.41) is 5.45. The molecule has 120 valence electrons. The molecule has 0 aromatic heterocycles. The van der Waals surface area contributed by atoms with E-state index in [1.165, 1.54) is 21.0 Å². The molecule has 0 fully saturated rings. The van der Waals surface area contributed by atoms with Crippen LogP contribution in [0.4, 0.5) is 5.69 Å². The van der Waals surface area contributed by atoms with E-state index in [0.29, 0.717) is 18.4 Å². The summed E-state index contributed by atoms with van der Waals surface area (Å²) >= 11 is 6.16. The Kier molecular flexibility index (Phi) is 7.78. The summed E-state index contributed by atoms with van der Waals surface area (Å²) in [5.41, 5.74) is 1.70. The quantitative estimate of drug-likeness (QED) is 0.392. The summed E-state index contributed by atoms with van der Waals surface area (Å²) in [7, 11) is 1.30. The number of nitrogens with one attached hydrogen (secondary N) is 2. The third-order valence-electron chi connectivity index (χ3n) is 2.61. The Bertz CT molecular complexity index is 647. The number of methoxy groups -OCH3 is 1. The number of halogens is 3. The lowest BCUT2D eigenvalue weighted by Crippen LogP contribution is -2.23. The number of esters is 1. The van der Waals surface area contributed by atoms with Crippen LogP contribution in [0.15, 0.2) is 0 Å². The van der Waals surface area contributed by atoms with Crippen molar-refractivity contribution in [2.75, 3.05) is 12.4 Å². The first-order valence-corrected chi connectivity index (χ1v) is 9.24. The largest absolute Gasteiger partial charge is 0.465 e. The van der Waals surface area contributed by atoms with Crippen LogP contribution in [0.3, 0.4) is 0 Å². The van der Waals surface area contributed by atoms with Gasteiger partial charge in [-0.2, -0.15) is 0 Å². The van der Waals surface area contributed by atoms with Crippen molar-refractivity contribution in [2.24, 2.45) is 0 Å². The van der Waals surface area contributed by atoms with Crippen LogP contribution in [0.2, 0.25) is 0 Å². The van der Waals surface area contributed by atoms with Crippen molar-refractivity contribution in [3.63, 3.8) is 0 Å². The molecule has 6 nitrogen and oxygen atoms in total. The van der Waals surface area contributed by atoms with E-state index >= 15 is 0 Å². The van der Waals surface area contributed by atoms with Gasteiger partial charge in [0.1, 0.15) is 0 Å². The minimum absolute atomic E-state index is 0.175. The van der Waals surface area contributed by atoms with Gasteiger partial charge >= 0.3 is 5.97 Å². The molecule has 1 aromatic rings. The molecule has 0 saturated carbocycles. The van der Waals surface area contributed by atoms with Gasteiger partial charge in [-0.3, -0.25) is 9.59 Å². The number of hydrogen-bond acceptors (Lipinski definition) is 4. The van der Waals surface area contributed by atoms with E-state index in [2.05, 4.69) is 55.8 Å². The minimum atomic E-state index is -0.485. The first kappa shape index (κ1) is 19.9. The van der Waals surface area contributed by atoms with Gasteiger partial charge in [-0.1, -0.05) is 0 Å². The van der Waals surface area contributed by atoms with Crippen LogP contribution < -0.4 is 10.6 Å². The first-order chi connectivity index (χ1) is 10.2. The Labute approximate surface area is 168 Å². The van der Waals surface area contributed by atoms with Crippen molar-refractivity contribution in [1.29, 1.82) is 0 Å². The highest BCUT2D eigenvalue weighted by Gasteiger charge is 2.25. The van der Waals surface area contributed by atoms with Crippen molar-refractivity contribution in [1.82, 2.24) is 5.32 Å². The summed E-state index contributed by atoms with van der Waals surface area (Å²) in [6.07, 6.45) is 0. The first-order valence-electron chi connectivity index (χ1n) is 6.00. The number of anilines is 1. The standard InChI is InChI=1S/C13H13I3N2O4/c1-5(19)17-4-7-9(14)8(13(21)22-3)11(16)12(10(7)15)18-6(2)20/h4H2,1-3H3,(H,17,19)(H,18,20). The monoisotopic (exact) mass is 642 g/mol. The van der Waals surface area contributed by atoms with Gasteiger partial charge in [-0.15, -0.1) is 0 Å². The van der Waals surface area contributed by atoms with Crippen LogP contribution in [-0.2, 0) is 20.9 Å². The molecule has 2 N–H and O–H groups in total. The second-order valence-electron chi connectivity index (χ2n) is 4.25. The predicted octanol–water partition coefficient (Wildman–Crippen LogP) is 2.88. The van der Waals surface area contributed by atoms with E-state index in [0.717, 1.165) is 9.13 Å². The Morgan fingerprint density at radius 1 is 1.00 bits per heavy atom. The normalized spacial score (nSPS) is 10.1. The number of hydrogen-bond donors (Lipinski definition) is 2.